The van der Waals surface area contributed by atoms with E-state index in [2.05, 4.69) is 0 Å². The first-order valence-corrected chi connectivity index (χ1v) is 8.24. The predicted molar refractivity (Wildman–Crippen MR) is 80.9 cm³/mol. The molecule has 1 amide bonds. The van der Waals surface area contributed by atoms with Gasteiger partial charge in [-0.05, 0) is 32.0 Å². The van der Waals surface area contributed by atoms with Crippen molar-refractivity contribution < 1.29 is 17.9 Å². The Morgan fingerprint density at radius 2 is 2.05 bits per heavy atom. The topological polar surface area (TPSA) is 89.7 Å². The second-order valence-electron chi connectivity index (χ2n) is 4.83. The number of primary sulfonamides is 1. The van der Waals surface area contributed by atoms with Crippen LogP contribution in [0.4, 0.5) is 0 Å². The third kappa shape index (κ3) is 5.28. The minimum Gasteiger partial charge on any atom is -0.377 e. The van der Waals surface area contributed by atoms with E-state index in [0.717, 1.165) is 0 Å². The van der Waals surface area contributed by atoms with Crippen LogP contribution in [0.2, 0.25) is 5.02 Å². The molecule has 21 heavy (non-hydrogen) atoms. The van der Waals surface area contributed by atoms with Gasteiger partial charge >= 0.3 is 0 Å². The molecular formula is C13H19ClN2O4S. The molecule has 0 spiro atoms. The number of amides is 1. The Morgan fingerprint density at radius 3 is 2.57 bits per heavy atom. The van der Waals surface area contributed by atoms with Crippen LogP contribution in [0, 0.1) is 0 Å². The van der Waals surface area contributed by atoms with Crippen LogP contribution in [0.3, 0.4) is 0 Å². The van der Waals surface area contributed by atoms with E-state index >= 15 is 0 Å². The largest absolute Gasteiger partial charge is 0.377 e. The Morgan fingerprint density at radius 1 is 1.43 bits per heavy atom. The number of nitrogens with two attached hydrogens (primary N) is 1. The van der Waals surface area contributed by atoms with E-state index in [0.29, 0.717) is 13.2 Å². The summed E-state index contributed by atoms with van der Waals surface area (Å²) in [5.41, 5.74) is 0.0928. The highest BCUT2D eigenvalue weighted by Gasteiger charge is 2.18. The average molecular weight is 335 g/mol. The van der Waals surface area contributed by atoms with Crippen molar-refractivity contribution in [2.24, 2.45) is 5.14 Å². The third-order valence-corrected chi connectivity index (χ3v) is 3.96. The van der Waals surface area contributed by atoms with Gasteiger partial charge in [0.25, 0.3) is 5.91 Å². The van der Waals surface area contributed by atoms with Crippen molar-refractivity contribution in [1.82, 2.24) is 4.90 Å². The van der Waals surface area contributed by atoms with E-state index in [1.807, 2.05) is 13.8 Å². The van der Waals surface area contributed by atoms with Crippen LogP contribution >= 0.6 is 11.6 Å². The van der Waals surface area contributed by atoms with Crippen molar-refractivity contribution in [3.63, 3.8) is 0 Å². The summed E-state index contributed by atoms with van der Waals surface area (Å²) in [5, 5.41) is 5.22. The van der Waals surface area contributed by atoms with Gasteiger partial charge < -0.3 is 9.64 Å². The van der Waals surface area contributed by atoms with Gasteiger partial charge in [-0.3, -0.25) is 4.79 Å². The Kier molecular flexibility index (Phi) is 6.15. The van der Waals surface area contributed by atoms with Gasteiger partial charge in [0.1, 0.15) is 0 Å². The zero-order valence-electron chi connectivity index (χ0n) is 12.2. The Balaban J connectivity index is 2.91. The van der Waals surface area contributed by atoms with Crippen molar-refractivity contribution in [1.29, 1.82) is 0 Å². The second-order valence-corrected chi connectivity index (χ2v) is 6.80. The molecule has 2 N–H and O–H groups in total. The first-order valence-electron chi connectivity index (χ1n) is 6.32. The van der Waals surface area contributed by atoms with Crippen molar-refractivity contribution in [3.8, 4) is 0 Å². The Labute approximate surface area is 129 Å². The van der Waals surface area contributed by atoms with Crippen molar-refractivity contribution >= 4 is 27.5 Å². The summed E-state index contributed by atoms with van der Waals surface area (Å²) in [6.45, 7) is 4.54. The van der Waals surface area contributed by atoms with E-state index in [-0.39, 0.29) is 21.6 Å². The maximum Gasteiger partial charge on any atom is 0.255 e. The molecule has 0 saturated carbocycles. The summed E-state index contributed by atoms with van der Waals surface area (Å²) in [7, 11) is -2.29. The van der Waals surface area contributed by atoms with E-state index in [4.69, 9.17) is 21.5 Å². The molecule has 0 aliphatic rings. The normalized spacial score (nSPS) is 11.7. The highest BCUT2D eigenvalue weighted by Crippen LogP contribution is 2.21. The fourth-order valence-corrected chi connectivity index (χ4v) is 2.32. The highest BCUT2D eigenvalue weighted by molar-refractivity contribution is 7.89. The molecule has 1 aromatic rings. The lowest BCUT2D eigenvalue weighted by Crippen LogP contribution is -2.31. The predicted octanol–water partition coefficient (Wildman–Crippen LogP) is 1.48. The molecule has 0 fully saturated rings. The highest BCUT2D eigenvalue weighted by atomic mass is 35.5. The van der Waals surface area contributed by atoms with Crippen molar-refractivity contribution in [3.05, 3.63) is 28.8 Å². The van der Waals surface area contributed by atoms with Gasteiger partial charge in [-0.2, -0.15) is 0 Å². The molecule has 1 rings (SSSR count). The van der Waals surface area contributed by atoms with Gasteiger partial charge in [0.05, 0.1) is 28.2 Å². The Bertz CT molecular complexity index is 617. The fourth-order valence-electron chi connectivity index (χ4n) is 1.58. The minimum atomic E-state index is -3.88. The number of ether oxygens (including phenoxy) is 1. The zero-order valence-corrected chi connectivity index (χ0v) is 13.7. The maximum absolute atomic E-state index is 12.3. The second kappa shape index (κ2) is 7.22. The van der Waals surface area contributed by atoms with Gasteiger partial charge in [-0.15, -0.1) is 0 Å². The molecule has 0 aliphatic heterocycles. The zero-order chi connectivity index (χ0) is 16.2. The molecule has 8 heteroatoms. The van der Waals surface area contributed by atoms with Gasteiger partial charge in [0.15, 0.2) is 0 Å². The number of rotatable bonds is 6. The first kappa shape index (κ1) is 17.9. The van der Waals surface area contributed by atoms with E-state index in [9.17, 15) is 13.2 Å². The molecular weight excluding hydrogens is 316 g/mol. The average Bonchev–Trinajstić information content (AvgIpc) is 2.36. The lowest BCUT2D eigenvalue weighted by atomic mass is 10.2. The number of hydrogen-bond acceptors (Lipinski definition) is 4. The lowest BCUT2D eigenvalue weighted by molar-refractivity contribution is 0.0532. The smallest absolute Gasteiger partial charge is 0.255 e. The maximum atomic E-state index is 12.3. The van der Waals surface area contributed by atoms with E-state index in [1.165, 1.54) is 23.1 Å². The van der Waals surface area contributed by atoms with Crippen LogP contribution in [0.1, 0.15) is 24.2 Å². The molecule has 0 aliphatic carbocycles. The van der Waals surface area contributed by atoms with Gasteiger partial charge in [-0.1, -0.05) is 11.6 Å². The number of likely N-dealkylation sites (N-methyl/N-ethyl adjacent to an activating group) is 1. The summed E-state index contributed by atoms with van der Waals surface area (Å²) in [5.74, 6) is -0.391. The van der Waals surface area contributed by atoms with Crippen LogP contribution in [0.25, 0.3) is 0 Å². The molecule has 1 aromatic carbocycles. The molecule has 0 aromatic heterocycles. The lowest BCUT2D eigenvalue weighted by Gasteiger charge is -2.19. The summed E-state index contributed by atoms with van der Waals surface area (Å²) >= 11 is 5.96. The summed E-state index contributed by atoms with van der Waals surface area (Å²) in [6, 6.07) is 3.78. The van der Waals surface area contributed by atoms with Crippen LogP contribution in [-0.2, 0) is 14.8 Å². The van der Waals surface area contributed by atoms with Gasteiger partial charge in [-0.25, -0.2) is 13.6 Å². The number of hydrogen-bond donors (Lipinski definition) is 1. The van der Waals surface area contributed by atoms with Crippen LogP contribution < -0.4 is 5.14 Å². The number of carbonyl (C=O) groups excluding carboxylic acids is 1. The molecule has 118 valence electrons. The quantitative estimate of drug-likeness (QED) is 0.853. The van der Waals surface area contributed by atoms with Crippen molar-refractivity contribution in [2.75, 3.05) is 20.2 Å². The first-order chi connectivity index (χ1) is 9.62. The summed E-state index contributed by atoms with van der Waals surface area (Å²) < 4.78 is 28.0. The minimum absolute atomic E-state index is 0.0720. The number of benzene rings is 1. The third-order valence-electron chi connectivity index (χ3n) is 2.72. The van der Waals surface area contributed by atoms with Crippen LogP contribution in [-0.4, -0.2) is 45.5 Å². The molecule has 0 unspecified atom stereocenters. The molecule has 0 bridgehead atoms. The molecule has 0 heterocycles. The van der Waals surface area contributed by atoms with Gasteiger partial charge in [0, 0.05) is 13.6 Å². The fraction of sp³-hybridized carbons (Fsp3) is 0.462. The summed E-state index contributed by atoms with van der Waals surface area (Å²) in [6.07, 6.45) is 0.0720. The molecule has 0 atom stereocenters. The van der Waals surface area contributed by atoms with Gasteiger partial charge in [0.2, 0.25) is 10.0 Å². The number of halogens is 1. The van der Waals surface area contributed by atoms with Crippen molar-refractivity contribution in [2.45, 2.75) is 24.8 Å². The van der Waals surface area contributed by atoms with Crippen LogP contribution in [0.15, 0.2) is 23.1 Å². The van der Waals surface area contributed by atoms with Crippen LogP contribution in [0.5, 0.6) is 0 Å². The molecule has 0 saturated heterocycles. The monoisotopic (exact) mass is 334 g/mol. The number of carbonyl (C=O) groups is 1. The number of sulfonamides is 1. The SMILES string of the molecule is CC(C)OCCN(C)C(=O)c1cc(S(N)(=O)=O)ccc1Cl. The Hall–Kier alpha value is -1.15. The molecule has 6 nitrogen and oxygen atoms in total. The summed E-state index contributed by atoms with van der Waals surface area (Å²) in [4.78, 5) is 13.5. The number of nitrogens with zero attached hydrogens (tertiary/aromatic N) is 1. The standard InChI is InChI=1S/C13H19ClN2O4S/c1-9(2)20-7-6-16(3)13(17)11-8-10(21(15,18)19)4-5-12(11)14/h4-5,8-9H,6-7H2,1-3H3,(H2,15,18,19). The molecule has 0 radical (unpaired) electrons. The van der Waals surface area contributed by atoms with E-state index < -0.39 is 15.9 Å². The van der Waals surface area contributed by atoms with E-state index in [1.54, 1.807) is 7.05 Å².